The molecule has 0 spiro atoms. The number of aryl methyl sites for hydroxylation is 1. The van der Waals surface area contributed by atoms with E-state index < -0.39 is 0 Å². The summed E-state index contributed by atoms with van der Waals surface area (Å²) in [7, 11) is 1.62. The van der Waals surface area contributed by atoms with Crippen molar-refractivity contribution in [2.45, 2.75) is 13.5 Å². The number of methoxy groups -OCH3 is 1. The van der Waals surface area contributed by atoms with Gasteiger partial charge in [0.1, 0.15) is 6.61 Å². The number of pyridine rings is 1. The van der Waals surface area contributed by atoms with Crippen molar-refractivity contribution in [3.8, 4) is 11.5 Å². The van der Waals surface area contributed by atoms with Crippen molar-refractivity contribution in [2.75, 3.05) is 7.11 Å². The molecular weight excluding hydrogens is 298 g/mol. The normalized spacial score (nSPS) is 10.7. The number of benzene rings is 2. The van der Waals surface area contributed by atoms with Gasteiger partial charge >= 0.3 is 0 Å². The van der Waals surface area contributed by atoms with Gasteiger partial charge in [0.05, 0.1) is 17.6 Å². The first-order valence-corrected chi connectivity index (χ1v) is 7.36. The number of fused-ring (bicyclic) bond motifs is 1. The molecule has 0 saturated carbocycles. The van der Waals surface area contributed by atoms with E-state index in [1.165, 1.54) is 0 Å². The molecule has 0 saturated heterocycles. The predicted molar refractivity (Wildman–Crippen MR) is 88.8 cm³/mol. The summed E-state index contributed by atoms with van der Waals surface area (Å²) in [6.07, 6.45) is 1.76. The molecule has 0 N–H and O–H groups in total. The van der Waals surface area contributed by atoms with Crippen LogP contribution in [0.25, 0.3) is 10.9 Å². The number of aromatic nitrogens is 1. The standard InChI is InChI=1S/C18H16ClNO2/c1-12-10-20-15-9-17(16(21-2)8-14(15)18(12)19)22-11-13-6-4-3-5-7-13/h3-10H,11H2,1-2H3. The molecular formula is C18H16ClNO2. The van der Waals surface area contributed by atoms with Crippen LogP contribution in [0.15, 0.2) is 48.7 Å². The second-order valence-electron chi connectivity index (χ2n) is 5.05. The number of ether oxygens (including phenoxy) is 2. The minimum absolute atomic E-state index is 0.475. The van der Waals surface area contributed by atoms with E-state index in [-0.39, 0.29) is 0 Å². The number of halogens is 1. The Morgan fingerprint density at radius 3 is 2.59 bits per heavy atom. The van der Waals surface area contributed by atoms with Gasteiger partial charge in [-0.15, -0.1) is 0 Å². The molecule has 112 valence electrons. The predicted octanol–water partition coefficient (Wildman–Crippen LogP) is 4.78. The summed E-state index contributed by atoms with van der Waals surface area (Å²) in [6, 6.07) is 13.7. The van der Waals surface area contributed by atoms with Gasteiger partial charge in [0.15, 0.2) is 11.5 Å². The summed E-state index contributed by atoms with van der Waals surface area (Å²) in [5.41, 5.74) is 2.83. The molecule has 0 unspecified atom stereocenters. The summed E-state index contributed by atoms with van der Waals surface area (Å²) < 4.78 is 11.3. The van der Waals surface area contributed by atoms with Crippen LogP contribution in [0.5, 0.6) is 11.5 Å². The molecule has 0 bridgehead atoms. The molecule has 4 heteroatoms. The third kappa shape index (κ3) is 2.85. The molecule has 2 aromatic carbocycles. The van der Waals surface area contributed by atoms with E-state index in [4.69, 9.17) is 21.1 Å². The highest BCUT2D eigenvalue weighted by atomic mass is 35.5. The van der Waals surface area contributed by atoms with Gasteiger partial charge in [-0.1, -0.05) is 41.9 Å². The zero-order chi connectivity index (χ0) is 15.5. The second-order valence-corrected chi connectivity index (χ2v) is 5.43. The Kier molecular flexibility index (Phi) is 4.16. The molecule has 0 fully saturated rings. The minimum atomic E-state index is 0.475. The lowest BCUT2D eigenvalue weighted by Crippen LogP contribution is -1.98. The molecule has 0 aliphatic carbocycles. The van der Waals surface area contributed by atoms with Crippen LogP contribution in [0.1, 0.15) is 11.1 Å². The fourth-order valence-corrected chi connectivity index (χ4v) is 2.48. The molecule has 22 heavy (non-hydrogen) atoms. The summed E-state index contributed by atoms with van der Waals surface area (Å²) >= 11 is 6.34. The lowest BCUT2D eigenvalue weighted by Gasteiger charge is -2.13. The maximum absolute atomic E-state index is 6.34. The van der Waals surface area contributed by atoms with E-state index in [0.29, 0.717) is 23.1 Å². The van der Waals surface area contributed by atoms with Gasteiger partial charge in [0, 0.05) is 17.6 Å². The third-order valence-electron chi connectivity index (χ3n) is 3.50. The zero-order valence-corrected chi connectivity index (χ0v) is 13.2. The molecule has 0 aliphatic rings. The van der Waals surface area contributed by atoms with Crippen molar-refractivity contribution >= 4 is 22.5 Å². The Balaban J connectivity index is 1.97. The molecule has 3 rings (SSSR count). The Morgan fingerprint density at radius 1 is 1.09 bits per heavy atom. The summed E-state index contributed by atoms with van der Waals surface area (Å²) in [5, 5.41) is 1.56. The van der Waals surface area contributed by atoms with Crippen LogP contribution in [-0.2, 0) is 6.61 Å². The highest BCUT2D eigenvalue weighted by Crippen LogP contribution is 2.35. The van der Waals surface area contributed by atoms with Crippen LogP contribution in [0.2, 0.25) is 5.02 Å². The van der Waals surface area contributed by atoms with Crippen molar-refractivity contribution < 1.29 is 9.47 Å². The van der Waals surface area contributed by atoms with Gasteiger partial charge in [-0.2, -0.15) is 0 Å². The molecule has 0 aliphatic heterocycles. The SMILES string of the molecule is COc1cc2c(Cl)c(C)cnc2cc1OCc1ccccc1. The fourth-order valence-electron chi connectivity index (χ4n) is 2.27. The monoisotopic (exact) mass is 313 g/mol. The summed E-state index contributed by atoms with van der Waals surface area (Å²) in [5.74, 6) is 1.31. The molecule has 1 aromatic heterocycles. The van der Waals surface area contributed by atoms with Gasteiger partial charge < -0.3 is 9.47 Å². The first kappa shape index (κ1) is 14.7. The van der Waals surface area contributed by atoms with Crippen LogP contribution >= 0.6 is 11.6 Å². The Morgan fingerprint density at radius 2 is 1.86 bits per heavy atom. The molecule has 0 amide bonds. The lowest BCUT2D eigenvalue weighted by molar-refractivity contribution is 0.285. The van der Waals surface area contributed by atoms with Crippen LogP contribution in [0.4, 0.5) is 0 Å². The number of nitrogens with zero attached hydrogens (tertiary/aromatic N) is 1. The quantitative estimate of drug-likeness (QED) is 0.694. The lowest BCUT2D eigenvalue weighted by atomic mass is 10.1. The van der Waals surface area contributed by atoms with Crippen molar-refractivity contribution in [1.29, 1.82) is 0 Å². The van der Waals surface area contributed by atoms with Crippen LogP contribution in [-0.4, -0.2) is 12.1 Å². The van der Waals surface area contributed by atoms with Crippen LogP contribution < -0.4 is 9.47 Å². The number of rotatable bonds is 4. The van der Waals surface area contributed by atoms with E-state index in [1.54, 1.807) is 13.3 Å². The maximum atomic E-state index is 6.34. The molecule has 3 nitrogen and oxygen atoms in total. The number of hydrogen-bond acceptors (Lipinski definition) is 3. The summed E-state index contributed by atoms with van der Waals surface area (Å²) in [4.78, 5) is 4.41. The smallest absolute Gasteiger partial charge is 0.163 e. The van der Waals surface area contributed by atoms with E-state index in [0.717, 1.165) is 22.0 Å². The van der Waals surface area contributed by atoms with Crippen molar-refractivity contribution in [2.24, 2.45) is 0 Å². The summed E-state index contributed by atoms with van der Waals surface area (Å²) in [6.45, 7) is 2.41. The van der Waals surface area contributed by atoms with Crippen molar-refractivity contribution in [3.63, 3.8) is 0 Å². The Hall–Kier alpha value is -2.26. The second kappa shape index (κ2) is 6.24. The fraction of sp³-hybridized carbons (Fsp3) is 0.167. The average Bonchev–Trinajstić information content (AvgIpc) is 2.57. The third-order valence-corrected chi connectivity index (χ3v) is 4.00. The largest absolute Gasteiger partial charge is 0.493 e. The molecule has 1 heterocycles. The van der Waals surface area contributed by atoms with Crippen molar-refractivity contribution in [3.05, 3.63) is 64.8 Å². The highest BCUT2D eigenvalue weighted by Gasteiger charge is 2.11. The van der Waals surface area contributed by atoms with Gasteiger partial charge in [0.25, 0.3) is 0 Å². The topological polar surface area (TPSA) is 31.4 Å². The Bertz CT molecular complexity index is 803. The molecule has 0 radical (unpaired) electrons. The van der Waals surface area contributed by atoms with Gasteiger partial charge in [-0.25, -0.2) is 0 Å². The van der Waals surface area contributed by atoms with Crippen LogP contribution in [0.3, 0.4) is 0 Å². The van der Waals surface area contributed by atoms with Crippen molar-refractivity contribution in [1.82, 2.24) is 4.98 Å². The number of hydrogen-bond donors (Lipinski definition) is 0. The van der Waals surface area contributed by atoms with Gasteiger partial charge in [-0.05, 0) is 24.1 Å². The van der Waals surface area contributed by atoms with E-state index >= 15 is 0 Å². The zero-order valence-electron chi connectivity index (χ0n) is 12.5. The maximum Gasteiger partial charge on any atom is 0.163 e. The van der Waals surface area contributed by atoms with Gasteiger partial charge in [-0.3, -0.25) is 4.98 Å². The van der Waals surface area contributed by atoms with Gasteiger partial charge in [0.2, 0.25) is 0 Å². The van der Waals surface area contributed by atoms with Crippen LogP contribution in [0, 0.1) is 6.92 Å². The van der Waals surface area contributed by atoms with E-state index in [1.807, 2.05) is 49.4 Å². The first-order valence-electron chi connectivity index (χ1n) is 6.98. The van der Waals surface area contributed by atoms with E-state index in [9.17, 15) is 0 Å². The first-order chi connectivity index (χ1) is 10.7. The molecule has 3 aromatic rings. The highest BCUT2D eigenvalue weighted by molar-refractivity contribution is 6.36. The molecule has 0 atom stereocenters. The minimum Gasteiger partial charge on any atom is -0.493 e. The Labute approximate surface area is 134 Å². The van der Waals surface area contributed by atoms with E-state index in [2.05, 4.69) is 4.98 Å². The average molecular weight is 314 g/mol.